The van der Waals surface area contributed by atoms with Crippen LogP contribution in [0.15, 0.2) is 12.1 Å². The van der Waals surface area contributed by atoms with E-state index >= 15 is 0 Å². The monoisotopic (exact) mass is 426 g/mol. The van der Waals surface area contributed by atoms with Crippen LogP contribution in [0.5, 0.6) is 11.5 Å². The van der Waals surface area contributed by atoms with Gasteiger partial charge in [-0.05, 0) is 53.5 Å². The second-order valence-electron chi connectivity index (χ2n) is 4.90. The Kier molecular flexibility index (Phi) is 7.02. The van der Waals surface area contributed by atoms with Gasteiger partial charge >= 0.3 is 0 Å². The van der Waals surface area contributed by atoms with Crippen LogP contribution < -0.4 is 20.5 Å². The predicted molar refractivity (Wildman–Crippen MR) is 92.5 cm³/mol. The zero-order valence-electron chi connectivity index (χ0n) is 12.0. The van der Waals surface area contributed by atoms with Crippen LogP contribution in [0.25, 0.3) is 0 Å². The first-order valence-corrected chi connectivity index (χ1v) is 7.60. The molecule has 118 valence electrons. The normalized spacial score (nSPS) is 14.9. The number of carbonyl (C=O) groups is 1. The third-order valence-corrected chi connectivity index (χ3v) is 4.34. The maximum absolute atomic E-state index is 12.2. The minimum Gasteiger partial charge on any atom is -0.493 e. The van der Waals surface area contributed by atoms with Crippen molar-refractivity contribution in [3.8, 4) is 11.5 Å². The number of rotatable bonds is 6. The van der Waals surface area contributed by atoms with Crippen molar-refractivity contribution in [1.29, 1.82) is 0 Å². The van der Waals surface area contributed by atoms with Crippen molar-refractivity contribution in [2.45, 2.75) is 18.9 Å². The van der Waals surface area contributed by atoms with E-state index in [1.807, 2.05) is 0 Å². The van der Waals surface area contributed by atoms with Gasteiger partial charge in [0, 0.05) is 16.2 Å². The minimum atomic E-state index is -0.133. The molecule has 0 aliphatic heterocycles. The zero-order valence-corrected chi connectivity index (χ0v) is 15.0. The summed E-state index contributed by atoms with van der Waals surface area (Å²) in [5.41, 5.74) is 6.56. The lowest BCUT2D eigenvalue weighted by Gasteiger charge is -2.14. The summed E-state index contributed by atoms with van der Waals surface area (Å²) in [5, 5.41) is 2.88. The first-order chi connectivity index (χ1) is 9.56. The van der Waals surface area contributed by atoms with Crippen LogP contribution in [-0.2, 0) is 0 Å². The highest BCUT2D eigenvalue weighted by atomic mass is 127. The fourth-order valence-electron chi connectivity index (χ4n) is 2.03. The Morgan fingerprint density at radius 3 is 2.48 bits per heavy atom. The van der Waals surface area contributed by atoms with E-state index in [0.717, 1.165) is 3.57 Å². The quantitative estimate of drug-likeness (QED) is 0.684. The number of halogens is 2. The molecule has 1 aliphatic rings. The van der Waals surface area contributed by atoms with Gasteiger partial charge in [-0.2, -0.15) is 0 Å². The van der Waals surface area contributed by atoms with Crippen LogP contribution in [0.1, 0.15) is 23.2 Å². The predicted octanol–water partition coefficient (Wildman–Crippen LogP) is 2.20. The molecule has 21 heavy (non-hydrogen) atoms. The average Bonchev–Trinajstić information content (AvgIpc) is 3.28. The number of carbonyl (C=O) groups excluding carboxylic acids is 1. The molecule has 0 aromatic heterocycles. The van der Waals surface area contributed by atoms with Crippen molar-refractivity contribution in [3.63, 3.8) is 0 Å². The van der Waals surface area contributed by atoms with Crippen molar-refractivity contribution < 1.29 is 14.3 Å². The molecule has 1 fully saturated rings. The molecule has 1 aliphatic carbocycles. The Morgan fingerprint density at radius 2 is 1.95 bits per heavy atom. The van der Waals surface area contributed by atoms with E-state index in [1.165, 1.54) is 12.8 Å². The number of methoxy groups -OCH3 is 2. The Labute approximate surface area is 144 Å². The molecule has 0 saturated heterocycles. The lowest BCUT2D eigenvalue weighted by atomic mass is 10.1. The molecular weight excluding hydrogens is 407 g/mol. The van der Waals surface area contributed by atoms with E-state index in [4.69, 9.17) is 15.2 Å². The number of nitrogens with one attached hydrogen (secondary N) is 1. The molecule has 7 heteroatoms. The first-order valence-electron chi connectivity index (χ1n) is 6.52. The van der Waals surface area contributed by atoms with E-state index in [0.29, 0.717) is 29.5 Å². The van der Waals surface area contributed by atoms with E-state index < -0.39 is 0 Å². The number of nitrogens with two attached hydrogens (primary N) is 1. The van der Waals surface area contributed by atoms with E-state index in [-0.39, 0.29) is 24.4 Å². The molecule has 0 heterocycles. The van der Waals surface area contributed by atoms with E-state index in [2.05, 4.69) is 27.9 Å². The standard InChI is InChI=1S/C14H19IN2O3.ClH/c1-19-12-5-9(10(15)6-13(12)20-2)14(18)17-7-11(16)8-3-4-8;/h5-6,8,11H,3-4,7,16H2,1-2H3,(H,17,18);1H. The van der Waals surface area contributed by atoms with E-state index in [1.54, 1.807) is 26.4 Å². The Morgan fingerprint density at radius 1 is 1.38 bits per heavy atom. The molecule has 1 atom stereocenters. The fraction of sp³-hybridized carbons (Fsp3) is 0.500. The van der Waals surface area contributed by atoms with Gasteiger partial charge in [0.15, 0.2) is 11.5 Å². The molecule has 0 spiro atoms. The summed E-state index contributed by atoms with van der Waals surface area (Å²) in [6.07, 6.45) is 2.34. The Bertz CT molecular complexity index is 509. The van der Waals surface area contributed by atoms with Gasteiger partial charge in [-0.1, -0.05) is 0 Å². The highest BCUT2D eigenvalue weighted by Gasteiger charge is 2.28. The maximum Gasteiger partial charge on any atom is 0.252 e. The summed E-state index contributed by atoms with van der Waals surface area (Å²) >= 11 is 2.11. The summed E-state index contributed by atoms with van der Waals surface area (Å²) < 4.78 is 11.2. The molecule has 1 saturated carbocycles. The Hall–Kier alpha value is -0.730. The molecule has 1 aromatic rings. The third kappa shape index (κ3) is 4.62. The average molecular weight is 427 g/mol. The summed E-state index contributed by atoms with van der Waals surface area (Å²) in [6.45, 7) is 0.508. The number of ether oxygens (including phenoxy) is 2. The van der Waals surface area contributed by atoms with Crippen molar-refractivity contribution >= 4 is 40.9 Å². The zero-order chi connectivity index (χ0) is 14.7. The maximum atomic E-state index is 12.2. The number of benzene rings is 1. The van der Waals surface area contributed by atoms with Crippen LogP contribution in [-0.4, -0.2) is 32.7 Å². The smallest absolute Gasteiger partial charge is 0.252 e. The van der Waals surface area contributed by atoms with Gasteiger partial charge < -0.3 is 20.5 Å². The van der Waals surface area contributed by atoms with Crippen molar-refractivity contribution in [2.24, 2.45) is 11.7 Å². The molecule has 3 N–H and O–H groups in total. The molecule has 0 radical (unpaired) electrons. The molecular formula is C14H20ClIN2O3. The Balaban J connectivity index is 0.00000220. The lowest BCUT2D eigenvalue weighted by Crippen LogP contribution is -2.38. The third-order valence-electron chi connectivity index (χ3n) is 3.44. The van der Waals surface area contributed by atoms with Gasteiger partial charge in [-0.3, -0.25) is 4.79 Å². The molecule has 1 unspecified atom stereocenters. The minimum absolute atomic E-state index is 0. The number of amides is 1. The van der Waals surface area contributed by atoms with Crippen LogP contribution >= 0.6 is 35.0 Å². The van der Waals surface area contributed by atoms with Gasteiger partial charge in [-0.15, -0.1) is 12.4 Å². The van der Waals surface area contributed by atoms with Crippen molar-refractivity contribution in [1.82, 2.24) is 5.32 Å². The summed E-state index contributed by atoms with van der Waals surface area (Å²) in [5.74, 6) is 1.60. The topological polar surface area (TPSA) is 73.6 Å². The summed E-state index contributed by atoms with van der Waals surface area (Å²) in [7, 11) is 3.12. The fourth-order valence-corrected chi connectivity index (χ4v) is 2.71. The van der Waals surface area contributed by atoms with Gasteiger partial charge in [0.25, 0.3) is 5.91 Å². The summed E-state index contributed by atoms with van der Waals surface area (Å²) in [4.78, 5) is 12.2. The molecule has 2 rings (SSSR count). The molecule has 0 bridgehead atoms. The molecule has 1 amide bonds. The largest absolute Gasteiger partial charge is 0.493 e. The van der Waals surface area contributed by atoms with Crippen LogP contribution in [0, 0.1) is 9.49 Å². The van der Waals surface area contributed by atoms with Gasteiger partial charge in [0.1, 0.15) is 0 Å². The second-order valence-corrected chi connectivity index (χ2v) is 6.06. The van der Waals surface area contributed by atoms with Crippen LogP contribution in [0.4, 0.5) is 0 Å². The van der Waals surface area contributed by atoms with Gasteiger partial charge in [0.2, 0.25) is 0 Å². The SMILES string of the molecule is COc1cc(I)c(C(=O)NCC(N)C2CC2)cc1OC.Cl. The highest BCUT2D eigenvalue weighted by molar-refractivity contribution is 14.1. The van der Waals surface area contributed by atoms with Gasteiger partial charge in [-0.25, -0.2) is 0 Å². The van der Waals surface area contributed by atoms with E-state index in [9.17, 15) is 4.79 Å². The highest BCUT2D eigenvalue weighted by Crippen LogP contribution is 2.32. The molecule has 1 aromatic carbocycles. The van der Waals surface area contributed by atoms with Gasteiger partial charge in [0.05, 0.1) is 19.8 Å². The van der Waals surface area contributed by atoms with Crippen LogP contribution in [0.2, 0.25) is 0 Å². The van der Waals surface area contributed by atoms with Crippen LogP contribution in [0.3, 0.4) is 0 Å². The first kappa shape index (κ1) is 18.3. The molecule has 5 nitrogen and oxygen atoms in total. The number of hydrogen-bond donors (Lipinski definition) is 2. The second kappa shape index (κ2) is 8.05. The summed E-state index contributed by atoms with van der Waals surface area (Å²) in [6, 6.07) is 3.53. The lowest BCUT2D eigenvalue weighted by molar-refractivity contribution is 0.0949. The van der Waals surface area contributed by atoms with Crippen molar-refractivity contribution in [2.75, 3.05) is 20.8 Å². The van der Waals surface area contributed by atoms with Crippen molar-refractivity contribution in [3.05, 3.63) is 21.3 Å². The number of hydrogen-bond acceptors (Lipinski definition) is 4.